The fraction of sp³-hybridized carbons (Fsp3) is 0.0909. The van der Waals surface area contributed by atoms with Gasteiger partial charge >= 0.3 is 5.03 Å². The highest BCUT2D eigenvalue weighted by Gasteiger charge is 2.25. The molecule has 0 fully saturated rings. The Balaban J connectivity index is 2.37. The third kappa shape index (κ3) is 2.77. The van der Waals surface area contributed by atoms with Gasteiger partial charge in [-0.25, -0.2) is 8.42 Å². The van der Waals surface area contributed by atoms with E-state index in [0.717, 1.165) is 6.07 Å². The fourth-order valence-corrected chi connectivity index (χ4v) is 2.93. The molecule has 0 saturated carbocycles. The Hall–Kier alpha value is -1.66. The van der Waals surface area contributed by atoms with E-state index in [1.807, 2.05) is 0 Å². The number of rotatable bonds is 3. The van der Waals surface area contributed by atoms with Crippen LogP contribution in [0.15, 0.2) is 47.5 Å². The standard InChI is InChI=1S/C11H9ClN2O3S/c12-10-6-7-11(14(15)13-10)18(16,17)8-9-4-2-1-3-5-9/h1-7H,8H2. The lowest BCUT2D eigenvalue weighted by Crippen LogP contribution is -2.38. The van der Waals surface area contributed by atoms with Gasteiger partial charge in [-0.15, -0.1) is 0 Å². The van der Waals surface area contributed by atoms with E-state index in [1.54, 1.807) is 30.3 Å². The van der Waals surface area contributed by atoms with Crippen LogP contribution in [0.1, 0.15) is 5.56 Å². The lowest BCUT2D eigenvalue weighted by atomic mass is 10.2. The van der Waals surface area contributed by atoms with Crippen molar-refractivity contribution in [2.45, 2.75) is 10.8 Å². The van der Waals surface area contributed by atoms with Crippen molar-refractivity contribution in [2.24, 2.45) is 0 Å². The number of nitrogens with zero attached hydrogens (tertiary/aromatic N) is 2. The van der Waals surface area contributed by atoms with Crippen LogP contribution in [0.3, 0.4) is 0 Å². The van der Waals surface area contributed by atoms with E-state index in [9.17, 15) is 13.6 Å². The molecule has 1 aromatic carbocycles. The number of aromatic nitrogens is 2. The zero-order chi connectivity index (χ0) is 13.2. The van der Waals surface area contributed by atoms with Gasteiger partial charge in [0.15, 0.2) is 5.15 Å². The highest BCUT2D eigenvalue weighted by molar-refractivity contribution is 7.90. The van der Waals surface area contributed by atoms with Crippen molar-refractivity contribution in [1.29, 1.82) is 0 Å². The summed E-state index contributed by atoms with van der Waals surface area (Å²) in [5.74, 6) is -0.251. The van der Waals surface area contributed by atoms with Gasteiger partial charge in [-0.1, -0.05) is 41.9 Å². The molecule has 94 valence electrons. The first kappa shape index (κ1) is 12.8. The maximum Gasteiger partial charge on any atom is 0.335 e. The van der Waals surface area contributed by atoms with Gasteiger partial charge in [0.1, 0.15) is 0 Å². The van der Waals surface area contributed by atoms with Gasteiger partial charge in [0, 0.05) is 11.2 Å². The van der Waals surface area contributed by atoms with Crippen LogP contribution in [0.2, 0.25) is 5.15 Å². The minimum absolute atomic E-state index is 0.0284. The first-order valence-corrected chi connectivity index (χ1v) is 7.05. The minimum atomic E-state index is -3.73. The van der Waals surface area contributed by atoms with E-state index < -0.39 is 14.9 Å². The van der Waals surface area contributed by atoms with Crippen LogP contribution < -0.4 is 4.85 Å². The summed E-state index contributed by atoms with van der Waals surface area (Å²) in [4.78, 5) is 0.0284. The summed E-state index contributed by atoms with van der Waals surface area (Å²) < 4.78 is 24.1. The van der Waals surface area contributed by atoms with E-state index in [1.165, 1.54) is 6.07 Å². The van der Waals surface area contributed by atoms with E-state index in [0.29, 0.717) is 5.56 Å². The summed E-state index contributed by atoms with van der Waals surface area (Å²) in [6.45, 7) is 0. The lowest BCUT2D eigenvalue weighted by molar-refractivity contribution is -0.707. The molecule has 0 N–H and O–H groups in total. The third-order valence-corrected chi connectivity index (χ3v) is 4.10. The molecule has 7 heteroatoms. The summed E-state index contributed by atoms with van der Waals surface area (Å²) in [5.41, 5.74) is 0.604. The highest BCUT2D eigenvalue weighted by atomic mass is 35.5. The molecule has 2 rings (SSSR count). The van der Waals surface area contributed by atoms with Crippen molar-refractivity contribution in [1.82, 2.24) is 5.10 Å². The number of hydrogen-bond acceptors (Lipinski definition) is 4. The molecule has 0 radical (unpaired) electrons. The van der Waals surface area contributed by atoms with Crippen molar-refractivity contribution in [3.8, 4) is 0 Å². The highest BCUT2D eigenvalue weighted by Crippen LogP contribution is 2.13. The van der Waals surface area contributed by atoms with Crippen molar-refractivity contribution in [2.75, 3.05) is 0 Å². The second-order valence-electron chi connectivity index (χ2n) is 3.61. The molecule has 0 spiro atoms. The average molecular weight is 285 g/mol. The molecule has 0 unspecified atom stereocenters. The lowest BCUT2D eigenvalue weighted by Gasteiger charge is -2.03. The molecule has 0 amide bonds. The van der Waals surface area contributed by atoms with Gasteiger partial charge in [0.05, 0.1) is 5.75 Å². The predicted molar refractivity (Wildman–Crippen MR) is 65.5 cm³/mol. The first-order chi connectivity index (χ1) is 8.49. The van der Waals surface area contributed by atoms with E-state index >= 15 is 0 Å². The Morgan fingerprint density at radius 3 is 2.44 bits per heavy atom. The van der Waals surface area contributed by atoms with Crippen LogP contribution in [0.25, 0.3) is 0 Å². The smallest absolute Gasteiger partial charge is 0.335 e. The zero-order valence-electron chi connectivity index (χ0n) is 9.15. The van der Waals surface area contributed by atoms with Gasteiger partial charge in [0.2, 0.25) is 9.84 Å². The van der Waals surface area contributed by atoms with Crippen LogP contribution in [0.4, 0.5) is 0 Å². The summed E-state index contributed by atoms with van der Waals surface area (Å²) in [5, 5.41) is 14.3. The Bertz CT molecular complexity index is 659. The molecule has 2 aromatic rings. The van der Waals surface area contributed by atoms with Crippen molar-refractivity contribution < 1.29 is 13.3 Å². The second kappa shape index (κ2) is 4.91. The summed E-state index contributed by atoms with van der Waals surface area (Å²) in [6.07, 6.45) is 0. The number of benzene rings is 1. The molecule has 1 aromatic heterocycles. The number of sulfone groups is 1. The Morgan fingerprint density at radius 2 is 1.83 bits per heavy atom. The SMILES string of the molecule is O=S(=O)(Cc1ccccc1)c1ccc(Cl)n[n+]1[O-]. The maximum absolute atomic E-state index is 12.0. The normalized spacial score (nSPS) is 11.4. The van der Waals surface area contributed by atoms with E-state index in [4.69, 9.17) is 11.6 Å². The van der Waals surface area contributed by atoms with Gasteiger partial charge in [0.25, 0.3) is 0 Å². The second-order valence-corrected chi connectivity index (χ2v) is 5.94. The van der Waals surface area contributed by atoms with Crippen LogP contribution in [-0.4, -0.2) is 13.5 Å². The molecule has 1 heterocycles. The number of halogens is 1. The van der Waals surface area contributed by atoms with Gasteiger partial charge in [-0.05, 0) is 16.5 Å². The predicted octanol–water partition coefficient (Wildman–Crippen LogP) is 1.34. The minimum Gasteiger partial charge on any atom is -0.593 e. The van der Waals surface area contributed by atoms with Gasteiger partial charge in [-0.3, -0.25) is 0 Å². The molecule has 0 aliphatic rings. The molecular weight excluding hydrogens is 276 g/mol. The van der Waals surface area contributed by atoms with Crippen molar-refractivity contribution >= 4 is 21.4 Å². The van der Waals surface area contributed by atoms with Crippen LogP contribution in [0, 0.1) is 5.21 Å². The maximum atomic E-state index is 12.0. The summed E-state index contributed by atoms with van der Waals surface area (Å²) in [6, 6.07) is 11.0. The van der Waals surface area contributed by atoms with E-state index in [-0.39, 0.29) is 15.8 Å². The Labute approximate surface area is 109 Å². The van der Waals surface area contributed by atoms with E-state index in [2.05, 4.69) is 5.10 Å². The summed E-state index contributed by atoms with van der Waals surface area (Å²) in [7, 11) is -3.73. The first-order valence-electron chi connectivity index (χ1n) is 5.02. The monoisotopic (exact) mass is 284 g/mol. The molecule has 0 aliphatic heterocycles. The van der Waals surface area contributed by atoms with Crippen molar-refractivity contribution in [3.05, 3.63) is 58.4 Å². The molecule has 5 nitrogen and oxygen atoms in total. The molecule has 0 atom stereocenters. The molecule has 18 heavy (non-hydrogen) atoms. The Morgan fingerprint density at radius 1 is 1.17 bits per heavy atom. The largest absolute Gasteiger partial charge is 0.593 e. The fourth-order valence-electron chi connectivity index (χ4n) is 1.46. The van der Waals surface area contributed by atoms with Crippen LogP contribution >= 0.6 is 11.6 Å². The molecule has 0 saturated heterocycles. The zero-order valence-corrected chi connectivity index (χ0v) is 10.7. The van der Waals surface area contributed by atoms with Crippen LogP contribution in [0.5, 0.6) is 0 Å². The Kier molecular flexibility index (Phi) is 3.49. The molecule has 0 bridgehead atoms. The van der Waals surface area contributed by atoms with Crippen molar-refractivity contribution in [3.63, 3.8) is 0 Å². The average Bonchev–Trinajstić information content (AvgIpc) is 2.29. The number of hydrogen-bond donors (Lipinski definition) is 0. The molecular formula is C11H9ClN2O3S. The summed E-state index contributed by atoms with van der Waals surface area (Å²) >= 11 is 5.50. The topological polar surface area (TPSA) is 74.0 Å². The molecule has 0 aliphatic carbocycles. The quantitative estimate of drug-likeness (QED) is 0.630. The van der Waals surface area contributed by atoms with Crippen LogP contribution in [-0.2, 0) is 15.6 Å². The van der Waals surface area contributed by atoms with Gasteiger partial charge in [-0.2, -0.15) is 0 Å². The third-order valence-electron chi connectivity index (χ3n) is 2.26. The van der Waals surface area contributed by atoms with Gasteiger partial charge < -0.3 is 5.21 Å².